The van der Waals surface area contributed by atoms with Crippen molar-refractivity contribution in [3.8, 4) is 0 Å². The zero-order valence-electron chi connectivity index (χ0n) is 19.1. The van der Waals surface area contributed by atoms with E-state index in [2.05, 4.69) is 40.3 Å². The number of H-pyrrole nitrogens is 1. The van der Waals surface area contributed by atoms with E-state index in [0.717, 1.165) is 51.9 Å². The number of benzene rings is 1. The second-order valence-corrected chi connectivity index (χ2v) is 10.3. The number of carboxylic acids is 1. The number of fused-ring (bicyclic) bond motifs is 2. The molecule has 1 aliphatic rings. The molecule has 4 aromatic rings. The van der Waals surface area contributed by atoms with Crippen LogP contribution in [0.4, 0.5) is 0 Å². The number of imidazole rings is 1. The first kappa shape index (κ1) is 21.8. The molecule has 1 aliphatic carbocycles. The molecular formula is C25H28N4O3S. The van der Waals surface area contributed by atoms with Gasteiger partial charge in [-0.05, 0) is 74.5 Å². The Labute approximate surface area is 195 Å². The number of aryl methyl sites for hydroxylation is 3. The Balaban J connectivity index is 1.75. The van der Waals surface area contributed by atoms with E-state index in [0.29, 0.717) is 30.4 Å². The van der Waals surface area contributed by atoms with Gasteiger partial charge < -0.3 is 10.1 Å². The van der Waals surface area contributed by atoms with Crippen molar-refractivity contribution in [3.63, 3.8) is 0 Å². The van der Waals surface area contributed by atoms with E-state index in [4.69, 9.17) is 0 Å². The summed E-state index contributed by atoms with van der Waals surface area (Å²) in [5, 5.41) is 11.6. The molecule has 3 heterocycles. The summed E-state index contributed by atoms with van der Waals surface area (Å²) in [5.41, 5.74) is 3.82. The molecule has 2 N–H and O–H groups in total. The standard InChI is InChI=1S/C25H28N4O3S/c1-14-11-15(2)21-18(12-14)28-33-19(21)13-20(25(23(30)31)9-5-4-6-10-25)29-22-17(27-24(29)32)8-7-16(3)26-22/h7-8,11-12,20H,4-6,9-10,13H2,1-3H3,(H,27,32)(H,30,31). The molecule has 1 aromatic carbocycles. The summed E-state index contributed by atoms with van der Waals surface area (Å²) in [6.45, 7) is 6.00. The van der Waals surface area contributed by atoms with E-state index < -0.39 is 17.4 Å². The Hall–Kier alpha value is -3.00. The van der Waals surface area contributed by atoms with Crippen molar-refractivity contribution in [3.05, 3.63) is 56.4 Å². The zero-order chi connectivity index (χ0) is 23.3. The molecular weight excluding hydrogens is 436 g/mol. The van der Waals surface area contributed by atoms with Crippen molar-refractivity contribution < 1.29 is 9.90 Å². The second kappa shape index (κ2) is 8.09. The lowest BCUT2D eigenvalue weighted by atomic mass is 9.67. The SMILES string of the molecule is Cc1cc(C)c2c(CC(n3c(=O)[nH]c4ccc(C)nc43)C3(C(=O)O)CCCCC3)snc2c1. The maximum absolute atomic E-state index is 13.3. The van der Waals surface area contributed by atoms with Crippen LogP contribution in [0.3, 0.4) is 0 Å². The monoisotopic (exact) mass is 464 g/mol. The van der Waals surface area contributed by atoms with Gasteiger partial charge >= 0.3 is 11.7 Å². The van der Waals surface area contributed by atoms with Crippen molar-refractivity contribution >= 4 is 39.6 Å². The van der Waals surface area contributed by atoms with Gasteiger partial charge in [0.05, 0.1) is 22.5 Å². The highest BCUT2D eigenvalue weighted by Crippen LogP contribution is 2.48. The van der Waals surface area contributed by atoms with Gasteiger partial charge in [0, 0.05) is 22.4 Å². The van der Waals surface area contributed by atoms with Crippen LogP contribution in [-0.2, 0) is 11.2 Å². The normalized spacial score (nSPS) is 16.9. The maximum Gasteiger partial charge on any atom is 0.327 e. The number of nitrogens with zero attached hydrogens (tertiary/aromatic N) is 3. The lowest BCUT2D eigenvalue weighted by Gasteiger charge is -2.40. The molecule has 3 aromatic heterocycles. The lowest BCUT2D eigenvalue weighted by Crippen LogP contribution is -2.45. The smallest absolute Gasteiger partial charge is 0.327 e. The third kappa shape index (κ3) is 3.57. The molecule has 172 valence electrons. The predicted octanol–water partition coefficient (Wildman–Crippen LogP) is 5.08. The minimum atomic E-state index is -1.03. The van der Waals surface area contributed by atoms with Crippen LogP contribution in [0.15, 0.2) is 29.1 Å². The van der Waals surface area contributed by atoms with Crippen molar-refractivity contribution in [2.24, 2.45) is 5.41 Å². The molecule has 7 nitrogen and oxygen atoms in total. The van der Waals surface area contributed by atoms with Crippen LogP contribution in [0.5, 0.6) is 0 Å². The molecule has 8 heteroatoms. The molecule has 0 spiro atoms. The Kier molecular flexibility index (Phi) is 5.35. The third-order valence-corrected chi connectivity index (χ3v) is 8.07. The quantitative estimate of drug-likeness (QED) is 0.429. The van der Waals surface area contributed by atoms with Crippen LogP contribution >= 0.6 is 11.5 Å². The van der Waals surface area contributed by atoms with Gasteiger partial charge in [-0.1, -0.05) is 25.3 Å². The van der Waals surface area contributed by atoms with Gasteiger partial charge in [-0.25, -0.2) is 9.78 Å². The fourth-order valence-electron chi connectivity index (χ4n) is 5.64. The summed E-state index contributed by atoms with van der Waals surface area (Å²) in [7, 11) is 0. The number of hydrogen-bond acceptors (Lipinski definition) is 5. The Morgan fingerprint density at radius 3 is 2.70 bits per heavy atom. The summed E-state index contributed by atoms with van der Waals surface area (Å²) >= 11 is 1.41. The van der Waals surface area contributed by atoms with Crippen LogP contribution in [0.2, 0.25) is 0 Å². The number of aliphatic carboxylic acids is 1. The largest absolute Gasteiger partial charge is 0.481 e. The molecule has 1 unspecified atom stereocenters. The molecule has 0 amide bonds. The Bertz CT molecular complexity index is 1420. The Morgan fingerprint density at radius 1 is 1.21 bits per heavy atom. The molecule has 5 rings (SSSR count). The molecule has 0 radical (unpaired) electrons. The number of hydrogen-bond donors (Lipinski definition) is 2. The van der Waals surface area contributed by atoms with E-state index in [-0.39, 0.29) is 5.69 Å². The summed E-state index contributed by atoms with van der Waals surface area (Å²) in [6, 6.07) is 7.33. The molecule has 1 saturated carbocycles. The van der Waals surface area contributed by atoms with Crippen molar-refractivity contribution in [1.82, 2.24) is 18.9 Å². The number of rotatable bonds is 5. The first-order valence-corrected chi connectivity index (χ1v) is 12.2. The van der Waals surface area contributed by atoms with E-state index in [1.165, 1.54) is 11.5 Å². The average molecular weight is 465 g/mol. The van der Waals surface area contributed by atoms with Crippen LogP contribution in [-0.4, -0.2) is 30.0 Å². The maximum atomic E-state index is 13.3. The molecule has 33 heavy (non-hydrogen) atoms. The summed E-state index contributed by atoms with van der Waals surface area (Å²) in [4.78, 5) is 34.7. The third-order valence-electron chi connectivity index (χ3n) is 7.20. The van der Waals surface area contributed by atoms with Gasteiger partial charge in [0.1, 0.15) is 0 Å². The minimum Gasteiger partial charge on any atom is -0.481 e. The molecule has 1 fully saturated rings. The highest BCUT2D eigenvalue weighted by atomic mass is 32.1. The fraction of sp³-hybridized carbons (Fsp3) is 0.440. The van der Waals surface area contributed by atoms with Gasteiger partial charge in [-0.3, -0.25) is 9.36 Å². The van der Waals surface area contributed by atoms with E-state index in [1.807, 2.05) is 19.1 Å². The van der Waals surface area contributed by atoms with Gasteiger partial charge in [0.2, 0.25) is 0 Å². The molecule has 1 atom stereocenters. The first-order chi connectivity index (χ1) is 15.8. The highest BCUT2D eigenvalue weighted by Gasteiger charge is 2.49. The number of carboxylic acid groups (broad SMARTS) is 1. The number of nitrogens with one attached hydrogen (secondary N) is 1. The predicted molar refractivity (Wildman–Crippen MR) is 130 cm³/mol. The number of aromatic nitrogens is 4. The number of pyridine rings is 1. The van der Waals surface area contributed by atoms with E-state index in [9.17, 15) is 14.7 Å². The second-order valence-electron chi connectivity index (χ2n) is 9.45. The topological polar surface area (TPSA) is 101 Å². The van der Waals surface area contributed by atoms with Crippen LogP contribution in [0, 0.1) is 26.2 Å². The van der Waals surface area contributed by atoms with E-state index in [1.54, 1.807) is 4.57 Å². The Morgan fingerprint density at radius 2 is 1.97 bits per heavy atom. The fourth-order valence-corrected chi connectivity index (χ4v) is 6.58. The van der Waals surface area contributed by atoms with Gasteiger partial charge in [-0.2, -0.15) is 4.37 Å². The molecule has 0 bridgehead atoms. The molecule has 0 saturated heterocycles. The van der Waals surface area contributed by atoms with Gasteiger partial charge in [-0.15, -0.1) is 0 Å². The average Bonchev–Trinajstić information content (AvgIpc) is 3.32. The van der Waals surface area contributed by atoms with Crippen LogP contribution < -0.4 is 5.69 Å². The number of aromatic amines is 1. The lowest BCUT2D eigenvalue weighted by molar-refractivity contribution is -0.154. The zero-order valence-corrected chi connectivity index (χ0v) is 20.0. The van der Waals surface area contributed by atoms with Crippen LogP contribution in [0.25, 0.3) is 22.1 Å². The summed E-state index contributed by atoms with van der Waals surface area (Å²) in [6.07, 6.45) is 4.23. The van der Waals surface area contributed by atoms with Crippen molar-refractivity contribution in [2.45, 2.75) is 65.3 Å². The van der Waals surface area contributed by atoms with Gasteiger partial charge in [0.15, 0.2) is 5.65 Å². The summed E-state index contributed by atoms with van der Waals surface area (Å²) in [5.74, 6) is -0.831. The first-order valence-electron chi connectivity index (χ1n) is 11.5. The minimum absolute atomic E-state index is 0.305. The van der Waals surface area contributed by atoms with Crippen molar-refractivity contribution in [1.29, 1.82) is 0 Å². The van der Waals surface area contributed by atoms with Gasteiger partial charge in [0.25, 0.3) is 0 Å². The highest BCUT2D eigenvalue weighted by molar-refractivity contribution is 7.07. The van der Waals surface area contributed by atoms with E-state index >= 15 is 0 Å². The van der Waals surface area contributed by atoms with Crippen LogP contribution in [0.1, 0.15) is 59.8 Å². The van der Waals surface area contributed by atoms with Crippen molar-refractivity contribution in [2.75, 3.05) is 0 Å². The summed E-state index contributed by atoms with van der Waals surface area (Å²) < 4.78 is 6.29. The number of carbonyl (C=O) groups is 1. The molecule has 0 aliphatic heterocycles.